The lowest BCUT2D eigenvalue weighted by Gasteiger charge is -2.14. The number of hydrogen-bond acceptors (Lipinski definition) is 3. The molecular weight excluding hydrogens is 264 g/mol. The summed E-state index contributed by atoms with van der Waals surface area (Å²) < 4.78 is 0. The standard InChI is InChI=1S/C17H22N2S/c1-3-13-4-7-16(10-13)19-15-8-5-14(6-9-15)17-11-20-12(2)18-17/h5-6,8-9,11,13,16,19H,3-4,7,10H2,1-2H3. The van der Waals surface area contributed by atoms with Crippen molar-refractivity contribution in [1.29, 1.82) is 0 Å². The van der Waals surface area contributed by atoms with Crippen molar-refractivity contribution < 1.29 is 0 Å². The van der Waals surface area contributed by atoms with Gasteiger partial charge in [-0.25, -0.2) is 4.98 Å². The SMILES string of the molecule is CCC1CCC(Nc2ccc(-c3csc(C)n3)cc2)C1. The van der Waals surface area contributed by atoms with Crippen molar-refractivity contribution in [3.63, 3.8) is 0 Å². The average Bonchev–Trinajstić information content (AvgIpc) is 3.09. The minimum Gasteiger partial charge on any atom is -0.382 e. The summed E-state index contributed by atoms with van der Waals surface area (Å²) >= 11 is 1.71. The Labute approximate surface area is 125 Å². The van der Waals surface area contributed by atoms with Crippen LogP contribution < -0.4 is 5.32 Å². The maximum Gasteiger partial charge on any atom is 0.0901 e. The number of aryl methyl sites for hydroxylation is 1. The predicted octanol–water partition coefficient (Wildman–Crippen LogP) is 5.11. The number of nitrogens with zero attached hydrogens (tertiary/aromatic N) is 1. The number of thiazole rings is 1. The second-order valence-electron chi connectivity index (χ2n) is 5.76. The highest BCUT2D eigenvalue weighted by atomic mass is 32.1. The zero-order chi connectivity index (χ0) is 13.9. The van der Waals surface area contributed by atoms with Gasteiger partial charge in [0.05, 0.1) is 10.7 Å². The largest absolute Gasteiger partial charge is 0.382 e. The number of benzene rings is 1. The Kier molecular flexibility index (Phi) is 4.06. The number of anilines is 1. The zero-order valence-electron chi connectivity index (χ0n) is 12.2. The van der Waals surface area contributed by atoms with E-state index in [4.69, 9.17) is 0 Å². The van der Waals surface area contributed by atoms with E-state index in [2.05, 4.69) is 46.9 Å². The van der Waals surface area contributed by atoms with Crippen LogP contribution in [-0.4, -0.2) is 11.0 Å². The summed E-state index contributed by atoms with van der Waals surface area (Å²) in [5.74, 6) is 0.921. The molecule has 0 radical (unpaired) electrons. The van der Waals surface area contributed by atoms with Crippen LogP contribution in [0.1, 0.15) is 37.6 Å². The van der Waals surface area contributed by atoms with Crippen LogP contribution in [0, 0.1) is 12.8 Å². The van der Waals surface area contributed by atoms with Crippen molar-refractivity contribution in [2.75, 3.05) is 5.32 Å². The van der Waals surface area contributed by atoms with Crippen LogP contribution in [0.25, 0.3) is 11.3 Å². The quantitative estimate of drug-likeness (QED) is 0.845. The van der Waals surface area contributed by atoms with E-state index in [1.54, 1.807) is 11.3 Å². The second-order valence-corrected chi connectivity index (χ2v) is 6.82. The molecule has 0 bridgehead atoms. The van der Waals surface area contributed by atoms with E-state index in [0.717, 1.165) is 16.6 Å². The smallest absolute Gasteiger partial charge is 0.0901 e. The van der Waals surface area contributed by atoms with Crippen molar-refractivity contribution in [2.24, 2.45) is 5.92 Å². The van der Waals surface area contributed by atoms with E-state index in [1.165, 1.54) is 36.9 Å². The molecule has 1 aromatic heterocycles. The third-order valence-corrected chi connectivity index (χ3v) is 5.06. The third-order valence-electron chi connectivity index (χ3n) is 4.29. The van der Waals surface area contributed by atoms with Crippen molar-refractivity contribution >= 4 is 17.0 Å². The molecule has 0 spiro atoms. The maximum atomic E-state index is 4.53. The molecule has 3 heteroatoms. The van der Waals surface area contributed by atoms with Crippen molar-refractivity contribution in [2.45, 2.75) is 45.6 Å². The lowest BCUT2D eigenvalue weighted by atomic mass is 10.1. The monoisotopic (exact) mass is 286 g/mol. The van der Waals surface area contributed by atoms with Crippen LogP contribution in [-0.2, 0) is 0 Å². The summed E-state index contributed by atoms with van der Waals surface area (Å²) in [5.41, 5.74) is 3.53. The van der Waals surface area contributed by atoms with Gasteiger partial charge in [0.2, 0.25) is 0 Å². The molecule has 1 aromatic carbocycles. The number of aromatic nitrogens is 1. The molecule has 0 amide bonds. The van der Waals surface area contributed by atoms with Gasteiger partial charge in [0, 0.05) is 22.7 Å². The van der Waals surface area contributed by atoms with Gasteiger partial charge in [-0.05, 0) is 44.2 Å². The van der Waals surface area contributed by atoms with Crippen LogP contribution >= 0.6 is 11.3 Å². The Balaban J connectivity index is 1.65. The fourth-order valence-corrected chi connectivity index (χ4v) is 3.67. The van der Waals surface area contributed by atoms with Crippen molar-refractivity contribution in [1.82, 2.24) is 4.98 Å². The first-order chi connectivity index (χ1) is 9.74. The van der Waals surface area contributed by atoms with E-state index in [-0.39, 0.29) is 0 Å². The molecule has 3 rings (SSSR count). The first kappa shape index (κ1) is 13.6. The fourth-order valence-electron chi connectivity index (χ4n) is 3.05. The Morgan fingerprint density at radius 3 is 2.65 bits per heavy atom. The molecule has 1 N–H and O–H groups in total. The molecule has 2 unspecified atom stereocenters. The molecule has 2 aromatic rings. The van der Waals surface area contributed by atoms with E-state index in [1.807, 2.05) is 6.92 Å². The van der Waals surface area contributed by atoms with Gasteiger partial charge < -0.3 is 5.32 Å². The summed E-state index contributed by atoms with van der Waals surface area (Å²) in [5, 5.41) is 6.92. The van der Waals surface area contributed by atoms with Gasteiger partial charge >= 0.3 is 0 Å². The molecule has 106 valence electrons. The summed E-state index contributed by atoms with van der Waals surface area (Å²) in [7, 11) is 0. The van der Waals surface area contributed by atoms with E-state index in [9.17, 15) is 0 Å². The van der Waals surface area contributed by atoms with Crippen LogP contribution in [0.4, 0.5) is 5.69 Å². The average molecular weight is 286 g/mol. The Hall–Kier alpha value is -1.35. The third kappa shape index (κ3) is 3.04. The summed E-state index contributed by atoms with van der Waals surface area (Å²) in [6.07, 6.45) is 5.33. The van der Waals surface area contributed by atoms with Crippen LogP contribution in [0.15, 0.2) is 29.6 Å². The van der Waals surface area contributed by atoms with Gasteiger partial charge in [0.15, 0.2) is 0 Å². The summed E-state index contributed by atoms with van der Waals surface area (Å²) in [6.45, 7) is 4.35. The van der Waals surface area contributed by atoms with Crippen molar-refractivity contribution in [3.05, 3.63) is 34.7 Å². The lowest BCUT2D eigenvalue weighted by molar-refractivity contribution is 0.525. The van der Waals surface area contributed by atoms with E-state index >= 15 is 0 Å². The van der Waals surface area contributed by atoms with Gasteiger partial charge in [0.25, 0.3) is 0 Å². The minimum absolute atomic E-state index is 0.660. The Morgan fingerprint density at radius 1 is 1.25 bits per heavy atom. The molecule has 1 aliphatic rings. The minimum atomic E-state index is 0.660. The van der Waals surface area contributed by atoms with E-state index in [0.29, 0.717) is 6.04 Å². The van der Waals surface area contributed by atoms with Gasteiger partial charge in [-0.3, -0.25) is 0 Å². The molecular formula is C17H22N2S. The summed E-state index contributed by atoms with van der Waals surface area (Å²) in [4.78, 5) is 4.53. The predicted molar refractivity (Wildman–Crippen MR) is 87.3 cm³/mol. The Morgan fingerprint density at radius 2 is 2.05 bits per heavy atom. The first-order valence-corrected chi connectivity index (χ1v) is 8.41. The van der Waals surface area contributed by atoms with Gasteiger partial charge in [-0.15, -0.1) is 11.3 Å². The first-order valence-electron chi connectivity index (χ1n) is 7.53. The maximum absolute atomic E-state index is 4.53. The van der Waals surface area contributed by atoms with Crippen LogP contribution in [0.2, 0.25) is 0 Å². The van der Waals surface area contributed by atoms with Gasteiger partial charge in [0.1, 0.15) is 0 Å². The highest BCUT2D eigenvalue weighted by Crippen LogP contribution is 2.30. The second kappa shape index (κ2) is 5.96. The van der Waals surface area contributed by atoms with Gasteiger partial charge in [-0.1, -0.05) is 25.5 Å². The van der Waals surface area contributed by atoms with Crippen molar-refractivity contribution in [3.8, 4) is 11.3 Å². The Bertz CT molecular complexity index is 559. The number of nitrogens with one attached hydrogen (secondary N) is 1. The number of hydrogen-bond donors (Lipinski definition) is 1. The molecule has 0 saturated heterocycles. The normalized spacial score (nSPS) is 22.1. The molecule has 20 heavy (non-hydrogen) atoms. The van der Waals surface area contributed by atoms with Crippen LogP contribution in [0.3, 0.4) is 0 Å². The molecule has 0 aliphatic heterocycles. The highest BCUT2D eigenvalue weighted by molar-refractivity contribution is 7.09. The molecule has 1 aliphatic carbocycles. The molecule has 2 atom stereocenters. The summed E-state index contributed by atoms with van der Waals surface area (Å²) in [6, 6.07) is 9.37. The highest BCUT2D eigenvalue weighted by Gasteiger charge is 2.22. The van der Waals surface area contributed by atoms with Gasteiger partial charge in [-0.2, -0.15) is 0 Å². The topological polar surface area (TPSA) is 24.9 Å². The number of rotatable bonds is 4. The van der Waals surface area contributed by atoms with Crippen LogP contribution in [0.5, 0.6) is 0 Å². The lowest BCUT2D eigenvalue weighted by Crippen LogP contribution is -2.15. The molecule has 1 saturated carbocycles. The van der Waals surface area contributed by atoms with E-state index < -0.39 is 0 Å². The fraction of sp³-hybridized carbons (Fsp3) is 0.471. The molecule has 1 fully saturated rings. The molecule has 1 heterocycles. The zero-order valence-corrected chi connectivity index (χ0v) is 13.0. The molecule has 2 nitrogen and oxygen atoms in total.